The molecular formula is C34H39Cl2N5O9S. The van der Waals surface area contributed by atoms with Gasteiger partial charge >= 0.3 is 17.9 Å². The fourth-order valence-electron chi connectivity index (χ4n) is 5.54. The molecule has 0 unspecified atom stereocenters. The summed E-state index contributed by atoms with van der Waals surface area (Å²) in [6.45, 7) is 6.13. The van der Waals surface area contributed by atoms with Crippen molar-refractivity contribution in [2.75, 3.05) is 49.2 Å². The molecular weight excluding hydrogens is 725 g/mol. The summed E-state index contributed by atoms with van der Waals surface area (Å²) in [6.07, 6.45) is 4.87. The van der Waals surface area contributed by atoms with E-state index in [0.717, 1.165) is 0 Å². The smallest absolute Gasteiger partial charge is 0.339 e. The molecule has 0 radical (unpaired) electrons. The minimum Gasteiger partial charge on any atom is -0.481 e. The monoisotopic (exact) mass is 763 g/mol. The van der Waals surface area contributed by atoms with Crippen LogP contribution >= 0.6 is 23.2 Å². The van der Waals surface area contributed by atoms with E-state index in [1.807, 2.05) is 9.80 Å². The molecule has 0 spiro atoms. The van der Waals surface area contributed by atoms with Crippen molar-refractivity contribution in [1.29, 1.82) is 0 Å². The molecule has 2 aliphatic heterocycles. The van der Waals surface area contributed by atoms with Gasteiger partial charge in [-0.25, -0.2) is 32.7 Å². The van der Waals surface area contributed by atoms with Gasteiger partial charge in [0.15, 0.2) is 0 Å². The summed E-state index contributed by atoms with van der Waals surface area (Å²) < 4.78 is 36.7. The Morgan fingerprint density at radius 3 is 1.61 bits per heavy atom. The molecule has 3 aromatic rings. The maximum absolute atomic E-state index is 12.5. The number of aliphatic carboxylic acids is 1. The Kier molecular flexibility index (Phi) is 14.0. The molecule has 2 fully saturated rings. The van der Waals surface area contributed by atoms with E-state index in [9.17, 15) is 27.6 Å². The highest BCUT2D eigenvalue weighted by Crippen LogP contribution is 2.30. The average molecular weight is 765 g/mol. The van der Waals surface area contributed by atoms with Gasteiger partial charge in [-0.1, -0.05) is 41.4 Å². The molecule has 5 rings (SSSR count). The first-order valence-corrected chi connectivity index (χ1v) is 18.6. The molecule has 1 amide bonds. The molecule has 1 aromatic carbocycles. The maximum atomic E-state index is 12.5. The number of nitrogens with one attached hydrogen (secondary N) is 1. The standard InChI is InChI=1S/C20H22ClN3O5S.C14H17ClN2O4/c1-2-29-20(26)15-12-17(21)18(22-13-15)24-10-8-14(9-11-24)19(25)23-30(27,28)16-6-4-3-5-7-16;1-2-21-14(20)10-7-11(15)12(16-8-10)17-5-3-9(4-6-17)13(18)19/h3-7,12-14H,2,8-11H2,1H3,(H,23,25);7-9H,2-6H2,1H3,(H,18,19). The van der Waals surface area contributed by atoms with Gasteiger partial charge in [0.1, 0.15) is 11.6 Å². The molecule has 274 valence electrons. The number of carboxylic acids is 1. The van der Waals surface area contributed by atoms with E-state index in [1.54, 1.807) is 32.0 Å². The first-order valence-electron chi connectivity index (χ1n) is 16.3. The van der Waals surface area contributed by atoms with Crippen molar-refractivity contribution < 1.29 is 42.2 Å². The molecule has 2 saturated heterocycles. The second-order valence-electron chi connectivity index (χ2n) is 11.6. The van der Waals surface area contributed by atoms with E-state index < -0.39 is 39.8 Å². The number of piperidine rings is 2. The van der Waals surface area contributed by atoms with Crippen LogP contribution in [-0.4, -0.2) is 86.7 Å². The third-order valence-electron chi connectivity index (χ3n) is 8.26. The van der Waals surface area contributed by atoms with Crippen LogP contribution in [0.2, 0.25) is 10.0 Å². The lowest BCUT2D eigenvalue weighted by Gasteiger charge is -2.32. The van der Waals surface area contributed by atoms with Gasteiger partial charge < -0.3 is 24.4 Å². The van der Waals surface area contributed by atoms with Crippen LogP contribution in [-0.2, 0) is 29.1 Å². The van der Waals surface area contributed by atoms with Crippen LogP contribution < -0.4 is 14.5 Å². The molecule has 2 N–H and O–H groups in total. The lowest BCUT2D eigenvalue weighted by atomic mass is 9.96. The summed E-state index contributed by atoms with van der Waals surface area (Å²) in [6, 6.07) is 10.8. The van der Waals surface area contributed by atoms with Crippen LogP contribution in [0.5, 0.6) is 0 Å². The molecule has 0 aliphatic carbocycles. The Morgan fingerprint density at radius 1 is 0.784 bits per heavy atom. The predicted molar refractivity (Wildman–Crippen MR) is 190 cm³/mol. The van der Waals surface area contributed by atoms with Crippen molar-refractivity contribution in [3.05, 3.63) is 76.0 Å². The first kappa shape index (κ1) is 39.3. The number of rotatable bonds is 10. The molecule has 17 heteroatoms. The zero-order valence-electron chi connectivity index (χ0n) is 28.1. The van der Waals surface area contributed by atoms with Gasteiger partial charge in [0.2, 0.25) is 5.91 Å². The van der Waals surface area contributed by atoms with Crippen LogP contribution in [0.4, 0.5) is 11.6 Å². The number of esters is 2. The molecule has 0 bridgehead atoms. The largest absolute Gasteiger partial charge is 0.481 e. The third kappa shape index (κ3) is 10.5. The number of anilines is 2. The van der Waals surface area contributed by atoms with E-state index in [1.165, 1.54) is 36.7 Å². The molecule has 4 heterocycles. The highest BCUT2D eigenvalue weighted by Gasteiger charge is 2.30. The fraction of sp³-hybridized carbons (Fsp3) is 0.412. The lowest BCUT2D eigenvalue weighted by Crippen LogP contribution is -2.42. The first-order chi connectivity index (χ1) is 24.3. The van der Waals surface area contributed by atoms with E-state index >= 15 is 0 Å². The van der Waals surface area contributed by atoms with Crippen molar-refractivity contribution >= 4 is 68.7 Å². The second-order valence-corrected chi connectivity index (χ2v) is 14.1. The van der Waals surface area contributed by atoms with Crippen LogP contribution in [0.15, 0.2) is 59.8 Å². The Bertz CT molecular complexity index is 1820. The van der Waals surface area contributed by atoms with Crippen molar-refractivity contribution in [1.82, 2.24) is 14.7 Å². The van der Waals surface area contributed by atoms with Gasteiger partial charge in [-0.05, 0) is 63.8 Å². The molecule has 0 atom stereocenters. The number of carbonyl (C=O) groups excluding carboxylic acids is 3. The number of ether oxygens (including phenoxy) is 2. The van der Waals surface area contributed by atoms with Gasteiger partial charge in [-0.2, -0.15) is 0 Å². The topological polar surface area (TPSA) is 185 Å². The van der Waals surface area contributed by atoms with Gasteiger partial charge in [0, 0.05) is 44.5 Å². The number of nitrogens with zero attached hydrogens (tertiary/aromatic N) is 4. The summed E-state index contributed by atoms with van der Waals surface area (Å²) >= 11 is 12.5. The fourth-order valence-corrected chi connectivity index (χ4v) is 7.18. The SMILES string of the molecule is CCOC(=O)c1cnc(N2CCC(C(=O)NS(=O)(=O)c3ccccc3)CC2)c(Cl)c1.CCOC(=O)c1cnc(N2CCC(C(=O)O)CC2)c(Cl)c1. The number of carbonyl (C=O) groups is 4. The lowest BCUT2D eigenvalue weighted by molar-refractivity contribution is -0.142. The molecule has 0 saturated carbocycles. The van der Waals surface area contributed by atoms with Gasteiger partial charge in [0.25, 0.3) is 10.0 Å². The minimum atomic E-state index is -3.89. The van der Waals surface area contributed by atoms with Gasteiger partial charge in [-0.3, -0.25) is 9.59 Å². The van der Waals surface area contributed by atoms with Crippen molar-refractivity contribution in [2.45, 2.75) is 44.4 Å². The van der Waals surface area contributed by atoms with E-state index in [0.29, 0.717) is 85.7 Å². The van der Waals surface area contributed by atoms with E-state index in [2.05, 4.69) is 14.7 Å². The van der Waals surface area contributed by atoms with Crippen molar-refractivity contribution in [2.24, 2.45) is 11.8 Å². The summed E-state index contributed by atoms with van der Waals surface area (Å²) in [4.78, 5) is 59.2. The number of amides is 1. The van der Waals surface area contributed by atoms with Crippen LogP contribution in [0, 0.1) is 11.8 Å². The number of hydrogen-bond acceptors (Lipinski definition) is 12. The summed E-state index contributed by atoms with van der Waals surface area (Å²) in [7, 11) is -3.89. The zero-order valence-corrected chi connectivity index (χ0v) is 30.4. The summed E-state index contributed by atoms with van der Waals surface area (Å²) in [5, 5.41) is 9.67. The Hall–Kier alpha value is -4.47. The van der Waals surface area contributed by atoms with Crippen LogP contribution in [0.25, 0.3) is 0 Å². The number of hydrogen-bond donors (Lipinski definition) is 2. The summed E-state index contributed by atoms with van der Waals surface area (Å²) in [5.41, 5.74) is 0.581. The normalized spacial score (nSPS) is 15.3. The number of carboxylic acid groups (broad SMARTS) is 1. The molecule has 14 nitrogen and oxygen atoms in total. The number of sulfonamides is 1. The maximum Gasteiger partial charge on any atom is 0.339 e. The van der Waals surface area contributed by atoms with Crippen LogP contribution in [0.3, 0.4) is 0 Å². The van der Waals surface area contributed by atoms with E-state index in [4.69, 9.17) is 37.8 Å². The van der Waals surface area contributed by atoms with Crippen molar-refractivity contribution in [3.63, 3.8) is 0 Å². The Balaban J connectivity index is 0.000000244. The summed E-state index contributed by atoms with van der Waals surface area (Å²) in [5.74, 6) is -1.87. The second kappa shape index (κ2) is 18.1. The minimum absolute atomic E-state index is 0.0495. The van der Waals surface area contributed by atoms with Gasteiger partial charge in [-0.15, -0.1) is 0 Å². The van der Waals surface area contributed by atoms with Crippen LogP contribution in [0.1, 0.15) is 60.2 Å². The molecule has 51 heavy (non-hydrogen) atoms. The van der Waals surface area contributed by atoms with Crippen molar-refractivity contribution in [3.8, 4) is 0 Å². The quantitative estimate of drug-likeness (QED) is 0.268. The third-order valence-corrected chi connectivity index (χ3v) is 10.2. The number of aromatic nitrogens is 2. The highest BCUT2D eigenvalue weighted by molar-refractivity contribution is 7.90. The zero-order chi connectivity index (χ0) is 37.1. The Labute approximate surface area is 306 Å². The van der Waals surface area contributed by atoms with Gasteiger partial charge in [0.05, 0.1) is 45.2 Å². The Morgan fingerprint density at radius 2 is 1.22 bits per heavy atom. The predicted octanol–water partition coefficient (Wildman–Crippen LogP) is 4.85. The molecule has 2 aliphatic rings. The highest BCUT2D eigenvalue weighted by atomic mass is 35.5. The van der Waals surface area contributed by atoms with E-state index in [-0.39, 0.29) is 23.0 Å². The molecule has 2 aromatic heterocycles. The number of benzene rings is 1. The number of pyridine rings is 2. The number of halogens is 2. The average Bonchev–Trinajstić information content (AvgIpc) is 3.12.